The predicted octanol–water partition coefficient (Wildman–Crippen LogP) is 2.65. The maximum absolute atomic E-state index is 12.7. The molecule has 1 spiro atoms. The first-order valence-electron chi connectivity index (χ1n) is 8.56. The molecule has 1 atom stereocenters. The van der Waals surface area contributed by atoms with Gasteiger partial charge in [-0.05, 0) is 37.5 Å². The van der Waals surface area contributed by atoms with E-state index < -0.39 is 0 Å². The van der Waals surface area contributed by atoms with Crippen LogP contribution in [0.15, 0.2) is 18.2 Å². The van der Waals surface area contributed by atoms with Crippen molar-refractivity contribution in [1.29, 1.82) is 0 Å². The number of nitrogens with zero attached hydrogens (tertiary/aromatic N) is 1. The maximum Gasteiger partial charge on any atom is 0.321 e. The number of amides is 3. The third-order valence-corrected chi connectivity index (χ3v) is 5.67. The third kappa shape index (κ3) is 3.60. The van der Waals surface area contributed by atoms with Crippen LogP contribution in [0.1, 0.15) is 18.4 Å². The minimum Gasteiger partial charge on any atom is -0.381 e. The van der Waals surface area contributed by atoms with Gasteiger partial charge in [-0.15, -0.1) is 0 Å². The lowest BCUT2D eigenvalue weighted by atomic mass is 9.72. The Morgan fingerprint density at radius 1 is 1.32 bits per heavy atom. The largest absolute Gasteiger partial charge is 0.381 e. The molecule has 3 rings (SSSR count). The summed E-state index contributed by atoms with van der Waals surface area (Å²) < 4.78 is 5.47. The first kappa shape index (κ1) is 18.0. The Labute approximate surface area is 152 Å². The molecule has 0 aromatic heterocycles. The van der Waals surface area contributed by atoms with Crippen molar-refractivity contribution in [1.82, 2.24) is 10.2 Å². The molecule has 0 bridgehead atoms. The topological polar surface area (TPSA) is 70.7 Å². The summed E-state index contributed by atoms with van der Waals surface area (Å²) in [5, 5.41) is 6.13. The van der Waals surface area contributed by atoms with Crippen LogP contribution in [0.4, 0.5) is 10.5 Å². The quantitative estimate of drug-likeness (QED) is 0.846. The van der Waals surface area contributed by atoms with E-state index in [1.165, 1.54) is 0 Å². The SMILES string of the molecule is CNC(=O)C1CN(C(=O)Nc2ccc(C)cc2Cl)CC12CCOCC2. The predicted molar refractivity (Wildman–Crippen MR) is 96.8 cm³/mol. The lowest BCUT2D eigenvalue weighted by molar-refractivity contribution is -0.129. The van der Waals surface area contributed by atoms with Crippen LogP contribution in [0.5, 0.6) is 0 Å². The molecule has 1 aromatic carbocycles. The van der Waals surface area contributed by atoms with Crippen LogP contribution >= 0.6 is 11.6 Å². The van der Waals surface area contributed by atoms with E-state index in [0.29, 0.717) is 37.0 Å². The number of hydrogen-bond donors (Lipinski definition) is 2. The smallest absolute Gasteiger partial charge is 0.321 e. The molecule has 2 heterocycles. The normalized spacial score (nSPS) is 22.0. The number of carbonyl (C=O) groups is 2. The molecule has 2 saturated heterocycles. The minimum absolute atomic E-state index is 0.00873. The highest BCUT2D eigenvalue weighted by molar-refractivity contribution is 6.33. The summed E-state index contributed by atoms with van der Waals surface area (Å²) in [6.07, 6.45) is 1.58. The molecule has 1 unspecified atom stereocenters. The minimum atomic E-state index is -0.219. The summed E-state index contributed by atoms with van der Waals surface area (Å²) in [5.74, 6) is -0.216. The zero-order valence-corrected chi connectivity index (χ0v) is 15.4. The van der Waals surface area contributed by atoms with Crippen molar-refractivity contribution in [2.24, 2.45) is 11.3 Å². The van der Waals surface area contributed by atoms with Crippen LogP contribution in [0.25, 0.3) is 0 Å². The Morgan fingerprint density at radius 3 is 2.68 bits per heavy atom. The second-order valence-corrected chi connectivity index (χ2v) is 7.34. The number of nitrogens with one attached hydrogen (secondary N) is 2. The van der Waals surface area contributed by atoms with Crippen LogP contribution < -0.4 is 10.6 Å². The Kier molecular flexibility index (Phi) is 5.20. The van der Waals surface area contributed by atoms with Crippen molar-refractivity contribution in [3.63, 3.8) is 0 Å². The first-order valence-corrected chi connectivity index (χ1v) is 8.94. The monoisotopic (exact) mass is 365 g/mol. The third-order valence-electron chi connectivity index (χ3n) is 5.35. The average molecular weight is 366 g/mol. The maximum atomic E-state index is 12.7. The fourth-order valence-electron chi connectivity index (χ4n) is 3.86. The van der Waals surface area contributed by atoms with Gasteiger partial charge in [0.1, 0.15) is 0 Å². The lowest BCUT2D eigenvalue weighted by Crippen LogP contribution is -2.43. The van der Waals surface area contributed by atoms with Crippen molar-refractivity contribution in [2.75, 3.05) is 38.7 Å². The van der Waals surface area contributed by atoms with E-state index in [0.717, 1.165) is 18.4 Å². The van der Waals surface area contributed by atoms with Gasteiger partial charge in [-0.3, -0.25) is 4.79 Å². The molecule has 2 aliphatic rings. The van der Waals surface area contributed by atoms with E-state index in [1.807, 2.05) is 19.1 Å². The number of likely N-dealkylation sites (tertiary alicyclic amines) is 1. The number of aryl methyl sites for hydroxylation is 1. The number of halogens is 1. The van der Waals surface area contributed by atoms with Gasteiger partial charge in [0.2, 0.25) is 5.91 Å². The summed E-state index contributed by atoms with van der Waals surface area (Å²) in [4.78, 5) is 26.8. The van der Waals surface area contributed by atoms with Crippen molar-refractivity contribution < 1.29 is 14.3 Å². The highest BCUT2D eigenvalue weighted by Crippen LogP contribution is 2.44. The molecule has 136 valence electrons. The van der Waals surface area contributed by atoms with Gasteiger partial charge in [0, 0.05) is 38.8 Å². The van der Waals surface area contributed by atoms with Gasteiger partial charge in [-0.1, -0.05) is 17.7 Å². The Bertz CT molecular complexity index is 674. The van der Waals surface area contributed by atoms with Crippen molar-refractivity contribution in [3.8, 4) is 0 Å². The van der Waals surface area contributed by atoms with Gasteiger partial charge >= 0.3 is 6.03 Å². The summed E-state index contributed by atoms with van der Waals surface area (Å²) in [6, 6.07) is 5.29. The molecule has 2 aliphatic heterocycles. The molecule has 2 fully saturated rings. The van der Waals surface area contributed by atoms with Crippen molar-refractivity contribution in [3.05, 3.63) is 28.8 Å². The fraction of sp³-hybridized carbons (Fsp3) is 0.556. The number of benzene rings is 1. The highest BCUT2D eigenvalue weighted by Gasteiger charge is 2.51. The van der Waals surface area contributed by atoms with Crippen LogP contribution in [0.2, 0.25) is 5.02 Å². The standard InChI is InChI=1S/C18H24ClN3O3/c1-12-3-4-15(14(19)9-12)21-17(24)22-10-13(16(23)20-2)18(11-22)5-7-25-8-6-18/h3-4,9,13H,5-8,10-11H2,1-2H3,(H,20,23)(H,21,24). The highest BCUT2D eigenvalue weighted by atomic mass is 35.5. The zero-order chi connectivity index (χ0) is 18.0. The van der Waals surface area contributed by atoms with E-state index in [4.69, 9.17) is 16.3 Å². The Hall–Kier alpha value is -1.79. The summed E-state index contributed by atoms with van der Waals surface area (Å²) in [5.41, 5.74) is 1.42. The number of hydrogen-bond acceptors (Lipinski definition) is 3. The van der Waals surface area contributed by atoms with Gasteiger partial charge in [0.25, 0.3) is 0 Å². The second-order valence-electron chi connectivity index (χ2n) is 6.94. The van der Waals surface area contributed by atoms with Crippen LogP contribution in [0, 0.1) is 18.3 Å². The lowest BCUT2D eigenvalue weighted by Gasteiger charge is -2.36. The Balaban J connectivity index is 1.76. The molecule has 6 nitrogen and oxygen atoms in total. The molecule has 0 saturated carbocycles. The van der Waals surface area contributed by atoms with Crippen LogP contribution in [0.3, 0.4) is 0 Å². The van der Waals surface area contributed by atoms with Crippen LogP contribution in [-0.4, -0.2) is 50.2 Å². The molecule has 7 heteroatoms. The van der Waals surface area contributed by atoms with Gasteiger partial charge in [-0.25, -0.2) is 4.79 Å². The molecule has 25 heavy (non-hydrogen) atoms. The van der Waals surface area contributed by atoms with Gasteiger partial charge in [0.05, 0.1) is 16.6 Å². The van der Waals surface area contributed by atoms with E-state index >= 15 is 0 Å². The zero-order valence-electron chi connectivity index (χ0n) is 14.6. The van der Waals surface area contributed by atoms with Crippen LogP contribution in [-0.2, 0) is 9.53 Å². The van der Waals surface area contributed by atoms with Crippen molar-refractivity contribution in [2.45, 2.75) is 19.8 Å². The molecular weight excluding hydrogens is 342 g/mol. The number of carbonyl (C=O) groups excluding carboxylic acids is 2. The van der Waals surface area contributed by atoms with E-state index in [1.54, 1.807) is 18.0 Å². The molecule has 3 amide bonds. The summed E-state index contributed by atoms with van der Waals surface area (Å²) in [7, 11) is 1.64. The van der Waals surface area contributed by atoms with Gasteiger partial charge in [-0.2, -0.15) is 0 Å². The van der Waals surface area contributed by atoms with Gasteiger partial charge in [0.15, 0.2) is 0 Å². The molecule has 2 N–H and O–H groups in total. The fourth-order valence-corrected chi connectivity index (χ4v) is 4.14. The van der Waals surface area contributed by atoms with Crippen molar-refractivity contribution >= 4 is 29.2 Å². The van der Waals surface area contributed by atoms with E-state index in [-0.39, 0.29) is 23.3 Å². The number of anilines is 1. The average Bonchev–Trinajstić information content (AvgIpc) is 2.96. The Morgan fingerprint density at radius 2 is 2.04 bits per heavy atom. The number of ether oxygens (including phenoxy) is 1. The molecule has 0 radical (unpaired) electrons. The summed E-state index contributed by atoms with van der Waals surface area (Å²) in [6.45, 7) is 4.18. The molecule has 0 aliphatic carbocycles. The van der Waals surface area contributed by atoms with E-state index in [9.17, 15) is 9.59 Å². The number of rotatable bonds is 2. The van der Waals surface area contributed by atoms with E-state index in [2.05, 4.69) is 10.6 Å². The second kappa shape index (κ2) is 7.22. The first-order chi connectivity index (χ1) is 11.9. The molecular formula is C18H24ClN3O3. The molecule has 1 aromatic rings. The summed E-state index contributed by atoms with van der Waals surface area (Å²) >= 11 is 6.21. The number of urea groups is 1. The van der Waals surface area contributed by atoms with Gasteiger partial charge < -0.3 is 20.3 Å².